The number of nitriles is 1. The molecular weight excluding hydrogens is 264 g/mol. The summed E-state index contributed by atoms with van der Waals surface area (Å²) in [5.74, 6) is 0.365. The Morgan fingerprint density at radius 1 is 1.37 bits per heavy atom. The minimum absolute atomic E-state index is 0.365. The molecule has 19 heavy (non-hydrogen) atoms. The number of pyridine rings is 1. The van der Waals surface area contributed by atoms with Gasteiger partial charge >= 0.3 is 5.69 Å². The SMILES string of the molecule is Cc1ccc(C#N)c(SCc2cc(=O)[nH]c(=O)[nH]2)n1. The summed E-state index contributed by atoms with van der Waals surface area (Å²) >= 11 is 1.30. The lowest BCUT2D eigenvalue weighted by Gasteiger charge is -2.04. The van der Waals surface area contributed by atoms with E-state index in [2.05, 4.69) is 21.0 Å². The van der Waals surface area contributed by atoms with Crippen molar-refractivity contribution in [3.8, 4) is 6.07 Å². The molecule has 0 amide bonds. The number of aromatic nitrogens is 3. The lowest BCUT2D eigenvalue weighted by atomic mass is 10.3. The van der Waals surface area contributed by atoms with E-state index in [1.807, 2.05) is 6.92 Å². The first-order valence-corrected chi connectivity index (χ1v) is 6.40. The van der Waals surface area contributed by atoms with Crippen molar-refractivity contribution in [2.75, 3.05) is 0 Å². The van der Waals surface area contributed by atoms with Crippen molar-refractivity contribution >= 4 is 11.8 Å². The second kappa shape index (κ2) is 5.54. The molecule has 6 nitrogen and oxygen atoms in total. The number of nitrogens with zero attached hydrogens (tertiary/aromatic N) is 2. The molecule has 0 radical (unpaired) electrons. The summed E-state index contributed by atoms with van der Waals surface area (Å²) in [5, 5.41) is 9.57. The van der Waals surface area contributed by atoms with Crippen LogP contribution in [0.4, 0.5) is 0 Å². The molecule has 0 saturated carbocycles. The van der Waals surface area contributed by atoms with Crippen molar-refractivity contribution in [1.29, 1.82) is 5.26 Å². The Bertz CT molecular complexity index is 729. The standard InChI is InChI=1S/C12H10N4O2S/c1-7-2-3-8(5-13)11(14-7)19-6-9-4-10(17)16-12(18)15-9/h2-4H,6H2,1H3,(H2,15,16,17,18). The van der Waals surface area contributed by atoms with Crippen LogP contribution in [0.1, 0.15) is 17.0 Å². The molecule has 0 aromatic carbocycles. The van der Waals surface area contributed by atoms with Crippen LogP contribution >= 0.6 is 11.8 Å². The molecule has 0 bridgehead atoms. The van der Waals surface area contributed by atoms with E-state index < -0.39 is 11.2 Å². The van der Waals surface area contributed by atoms with E-state index in [-0.39, 0.29) is 0 Å². The van der Waals surface area contributed by atoms with E-state index >= 15 is 0 Å². The monoisotopic (exact) mass is 274 g/mol. The number of nitrogens with one attached hydrogen (secondary N) is 2. The number of hydrogen-bond donors (Lipinski definition) is 2. The van der Waals surface area contributed by atoms with Crippen molar-refractivity contribution in [3.63, 3.8) is 0 Å². The summed E-state index contributed by atoms with van der Waals surface area (Å²) in [6, 6.07) is 6.84. The third-order valence-corrected chi connectivity index (χ3v) is 3.34. The van der Waals surface area contributed by atoms with E-state index in [1.54, 1.807) is 12.1 Å². The number of aryl methyl sites for hydroxylation is 1. The molecule has 2 heterocycles. The number of thioether (sulfide) groups is 1. The first-order valence-electron chi connectivity index (χ1n) is 5.41. The highest BCUT2D eigenvalue weighted by atomic mass is 32.2. The first kappa shape index (κ1) is 13.1. The summed E-state index contributed by atoms with van der Waals surface area (Å²) in [7, 11) is 0. The molecule has 2 N–H and O–H groups in total. The number of aromatic amines is 2. The van der Waals surface area contributed by atoms with Gasteiger partial charge in [0.2, 0.25) is 0 Å². The predicted molar refractivity (Wildman–Crippen MR) is 70.9 cm³/mol. The number of hydrogen-bond acceptors (Lipinski definition) is 5. The highest BCUT2D eigenvalue weighted by Crippen LogP contribution is 2.23. The Labute approximate surface area is 112 Å². The van der Waals surface area contributed by atoms with E-state index in [1.165, 1.54) is 17.8 Å². The van der Waals surface area contributed by atoms with Gasteiger partial charge in [0.1, 0.15) is 11.1 Å². The highest BCUT2D eigenvalue weighted by Gasteiger charge is 2.06. The lowest BCUT2D eigenvalue weighted by molar-refractivity contribution is 0.982. The largest absolute Gasteiger partial charge is 0.325 e. The van der Waals surface area contributed by atoms with E-state index in [9.17, 15) is 9.59 Å². The fourth-order valence-electron chi connectivity index (χ4n) is 1.47. The van der Waals surface area contributed by atoms with Gasteiger partial charge in [0.25, 0.3) is 5.56 Å². The molecule has 96 valence electrons. The van der Waals surface area contributed by atoms with E-state index in [0.29, 0.717) is 22.0 Å². The van der Waals surface area contributed by atoms with Crippen molar-refractivity contribution in [1.82, 2.24) is 15.0 Å². The zero-order chi connectivity index (χ0) is 13.8. The molecule has 0 unspecified atom stereocenters. The Kier molecular flexibility index (Phi) is 3.82. The maximum atomic E-state index is 11.1. The zero-order valence-electron chi connectivity index (χ0n) is 10.1. The van der Waals surface area contributed by atoms with E-state index in [0.717, 1.165) is 5.69 Å². The lowest BCUT2D eigenvalue weighted by Crippen LogP contribution is -2.22. The van der Waals surface area contributed by atoms with Gasteiger partial charge in [-0.1, -0.05) is 11.8 Å². The number of H-pyrrole nitrogens is 2. The molecular formula is C12H10N4O2S. The summed E-state index contributed by atoms with van der Waals surface area (Å²) in [6.45, 7) is 1.83. The molecule has 0 aliphatic carbocycles. The van der Waals surface area contributed by atoms with Crippen molar-refractivity contribution in [3.05, 3.63) is 56.0 Å². The number of rotatable bonds is 3. The average Bonchev–Trinajstić information content (AvgIpc) is 2.35. The minimum Gasteiger partial charge on any atom is -0.310 e. The highest BCUT2D eigenvalue weighted by molar-refractivity contribution is 7.98. The quantitative estimate of drug-likeness (QED) is 0.810. The Hall–Kier alpha value is -2.33. The fraction of sp³-hybridized carbons (Fsp3) is 0.167. The average molecular weight is 274 g/mol. The third kappa shape index (κ3) is 3.33. The van der Waals surface area contributed by atoms with Gasteiger partial charge in [-0.3, -0.25) is 9.78 Å². The van der Waals surface area contributed by atoms with Gasteiger partial charge in [-0.25, -0.2) is 9.78 Å². The summed E-state index contributed by atoms with van der Waals surface area (Å²) < 4.78 is 0. The van der Waals surface area contributed by atoms with E-state index in [4.69, 9.17) is 5.26 Å². The van der Waals surface area contributed by atoms with Gasteiger partial charge < -0.3 is 4.98 Å². The predicted octanol–water partition coefficient (Wildman–Crippen LogP) is 0.931. The molecule has 0 aliphatic heterocycles. The van der Waals surface area contributed by atoms with Crippen LogP contribution in [0.15, 0.2) is 32.8 Å². The van der Waals surface area contributed by atoms with Crippen LogP contribution in [0.5, 0.6) is 0 Å². The molecule has 7 heteroatoms. The van der Waals surface area contributed by atoms with Gasteiger partial charge in [0, 0.05) is 23.2 Å². The molecule has 2 aromatic rings. The molecule has 2 aromatic heterocycles. The van der Waals surface area contributed by atoms with Crippen molar-refractivity contribution < 1.29 is 0 Å². The topological polar surface area (TPSA) is 102 Å². The molecule has 2 rings (SSSR count). The molecule has 0 spiro atoms. The maximum Gasteiger partial charge on any atom is 0.325 e. The van der Waals surface area contributed by atoms with Crippen molar-refractivity contribution in [2.45, 2.75) is 17.7 Å². The van der Waals surface area contributed by atoms with Crippen molar-refractivity contribution in [2.24, 2.45) is 0 Å². The van der Waals surface area contributed by atoms with Gasteiger partial charge in [0.15, 0.2) is 0 Å². The second-order valence-corrected chi connectivity index (χ2v) is 4.78. The van der Waals surface area contributed by atoms with Crippen LogP contribution in [-0.4, -0.2) is 15.0 Å². The second-order valence-electron chi connectivity index (χ2n) is 3.82. The summed E-state index contributed by atoms with van der Waals surface area (Å²) in [4.78, 5) is 31.1. The van der Waals surface area contributed by atoms with Crippen LogP contribution in [-0.2, 0) is 5.75 Å². The zero-order valence-corrected chi connectivity index (χ0v) is 10.9. The molecule has 0 fully saturated rings. The maximum absolute atomic E-state index is 11.1. The van der Waals surface area contributed by atoms with Gasteiger partial charge in [-0.15, -0.1) is 0 Å². The molecule has 0 atom stereocenters. The van der Waals surface area contributed by atoms with Crippen LogP contribution < -0.4 is 11.2 Å². The third-order valence-electron chi connectivity index (χ3n) is 2.30. The first-order chi connectivity index (χ1) is 9.08. The summed E-state index contributed by atoms with van der Waals surface area (Å²) in [5.41, 5.74) is 0.785. The molecule has 0 aliphatic rings. The Morgan fingerprint density at radius 2 is 2.16 bits per heavy atom. The minimum atomic E-state index is -0.541. The van der Waals surface area contributed by atoms with Gasteiger partial charge in [0.05, 0.1) is 5.56 Å². The Morgan fingerprint density at radius 3 is 2.84 bits per heavy atom. The Balaban J connectivity index is 2.23. The molecule has 0 saturated heterocycles. The summed E-state index contributed by atoms with van der Waals surface area (Å²) in [6.07, 6.45) is 0. The smallest absolute Gasteiger partial charge is 0.310 e. The fourth-order valence-corrected chi connectivity index (χ4v) is 2.40. The van der Waals surface area contributed by atoms with Crippen LogP contribution in [0.2, 0.25) is 0 Å². The van der Waals surface area contributed by atoms with Gasteiger partial charge in [-0.2, -0.15) is 5.26 Å². The normalized spacial score (nSPS) is 10.1. The van der Waals surface area contributed by atoms with Gasteiger partial charge in [-0.05, 0) is 19.1 Å². The van der Waals surface area contributed by atoms with Crippen LogP contribution in [0.3, 0.4) is 0 Å². The van der Waals surface area contributed by atoms with Crippen LogP contribution in [0, 0.1) is 18.3 Å². The van der Waals surface area contributed by atoms with Crippen LogP contribution in [0.25, 0.3) is 0 Å².